The Morgan fingerprint density at radius 2 is 1.81 bits per heavy atom. The minimum Gasteiger partial charge on any atom is -0.483 e. The molecule has 0 aromatic carbocycles. The van der Waals surface area contributed by atoms with Gasteiger partial charge in [-0.2, -0.15) is 4.98 Å². The molecule has 0 spiro atoms. The van der Waals surface area contributed by atoms with Crippen molar-refractivity contribution in [2.45, 2.75) is 31.6 Å². The van der Waals surface area contributed by atoms with Crippen molar-refractivity contribution in [3.63, 3.8) is 0 Å². The average Bonchev–Trinajstić information content (AvgIpc) is 2.62. The zero-order valence-corrected chi connectivity index (χ0v) is 15.3. The van der Waals surface area contributed by atoms with Gasteiger partial charge in [0.05, 0.1) is 5.69 Å². The van der Waals surface area contributed by atoms with Gasteiger partial charge in [0.25, 0.3) is 6.47 Å². The number of anilines is 2. The van der Waals surface area contributed by atoms with Crippen molar-refractivity contribution in [2.75, 3.05) is 37.0 Å². The molecule has 2 aliphatic rings. The summed E-state index contributed by atoms with van der Waals surface area (Å²) in [5, 5.41) is 6.89. The Morgan fingerprint density at radius 3 is 2.46 bits per heavy atom. The molecule has 1 N–H and O–H groups in total. The highest BCUT2D eigenvalue weighted by Gasteiger charge is 2.32. The number of fused-ring (bicyclic) bond motifs is 1. The first-order valence-corrected chi connectivity index (χ1v) is 8.94. The molecule has 138 valence electrons. The van der Waals surface area contributed by atoms with Crippen LogP contribution in [0, 0.1) is 0 Å². The van der Waals surface area contributed by atoms with Crippen LogP contribution in [-0.4, -0.2) is 53.7 Å². The van der Waals surface area contributed by atoms with Crippen LogP contribution in [0.15, 0.2) is 24.5 Å². The van der Waals surface area contributed by atoms with Gasteiger partial charge < -0.3 is 14.9 Å². The zero-order chi connectivity index (χ0) is 18.5. The highest BCUT2D eigenvalue weighted by molar-refractivity contribution is 5.56. The summed E-state index contributed by atoms with van der Waals surface area (Å²) in [5.74, 6) is 2.60. The SMILES string of the molecule is CN(C)c1nc2c(c(N3CC(c4ccncc4)C3)n1)CCCC2.O=CO. The lowest BCUT2D eigenvalue weighted by Gasteiger charge is -2.42. The molecule has 2 aromatic rings. The van der Waals surface area contributed by atoms with E-state index < -0.39 is 0 Å². The van der Waals surface area contributed by atoms with Gasteiger partial charge in [-0.3, -0.25) is 9.78 Å². The average molecular weight is 355 g/mol. The molecule has 3 heterocycles. The van der Waals surface area contributed by atoms with Crippen LogP contribution < -0.4 is 9.80 Å². The Bertz CT molecular complexity index is 745. The fraction of sp³-hybridized carbons (Fsp3) is 0.474. The van der Waals surface area contributed by atoms with Crippen molar-refractivity contribution in [1.82, 2.24) is 15.0 Å². The fourth-order valence-electron chi connectivity index (χ4n) is 3.52. The Kier molecular flexibility index (Phi) is 5.65. The first-order valence-electron chi connectivity index (χ1n) is 8.94. The molecule has 0 bridgehead atoms. The van der Waals surface area contributed by atoms with E-state index >= 15 is 0 Å². The Morgan fingerprint density at radius 1 is 1.15 bits per heavy atom. The minimum atomic E-state index is -0.250. The molecule has 1 saturated heterocycles. The maximum Gasteiger partial charge on any atom is 0.290 e. The second kappa shape index (κ2) is 8.12. The second-order valence-corrected chi connectivity index (χ2v) is 6.86. The van der Waals surface area contributed by atoms with Crippen molar-refractivity contribution in [3.05, 3.63) is 41.3 Å². The topological polar surface area (TPSA) is 82.5 Å². The monoisotopic (exact) mass is 355 g/mol. The normalized spacial score (nSPS) is 16.0. The summed E-state index contributed by atoms with van der Waals surface area (Å²) in [5.41, 5.74) is 4.03. The molecule has 4 rings (SSSR count). The van der Waals surface area contributed by atoms with Gasteiger partial charge in [-0.15, -0.1) is 0 Å². The zero-order valence-electron chi connectivity index (χ0n) is 15.3. The lowest BCUT2D eigenvalue weighted by Crippen LogP contribution is -2.46. The Balaban J connectivity index is 0.000000613. The number of rotatable bonds is 3. The van der Waals surface area contributed by atoms with Crippen molar-refractivity contribution in [1.29, 1.82) is 0 Å². The minimum absolute atomic E-state index is 0.250. The van der Waals surface area contributed by atoms with E-state index in [4.69, 9.17) is 19.9 Å². The smallest absolute Gasteiger partial charge is 0.290 e. The van der Waals surface area contributed by atoms with Crippen molar-refractivity contribution in [2.24, 2.45) is 0 Å². The number of hydrogen-bond donors (Lipinski definition) is 1. The van der Waals surface area contributed by atoms with E-state index in [1.807, 2.05) is 31.4 Å². The molecular formula is C19H25N5O2. The highest BCUT2D eigenvalue weighted by Crippen LogP contribution is 2.36. The van der Waals surface area contributed by atoms with Gasteiger partial charge in [0.1, 0.15) is 5.82 Å². The third kappa shape index (κ3) is 3.76. The maximum atomic E-state index is 8.36. The van der Waals surface area contributed by atoms with E-state index in [0.717, 1.165) is 31.9 Å². The van der Waals surface area contributed by atoms with Gasteiger partial charge in [-0.25, -0.2) is 4.98 Å². The molecular weight excluding hydrogens is 330 g/mol. The number of aryl methyl sites for hydroxylation is 1. The van der Waals surface area contributed by atoms with E-state index in [2.05, 4.69) is 22.0 Å². The van der Waals surface area contributed by atoms with Gasteiger partial charge in [-0.05, 0) is 43.4 Å². The van der Waals surface area contributed by atoms with Crippen LogP contribution in [0.1, 0.15) is 35.6 Å². The molecule has 1 aliphatic heterocycles. The van der Waals surface area contributed by atoms with Crippen LogP contribution in [-0.2, 0) is 17.6 Å². The molecule has 1 fully saturated rings. The molecule has 0 amide bonds. The van der Waals surface area contributed by atoms with Gasteiger partial charge in [0.2, 0.25) is 5.95 Å². The molecule has 26 heavy (non-hydrogen) atoms. The summed E-state index contributed by atoms with van der Waals surface area (Å²) in [4.78, 5) is 26.5. The third-order valence-electron chi connectivity index (χ3n) is 4.91. The van der Waals surface area contributed by atoms with Crippen molar-refractivity contribution < 1.29 is 9.90 Å². The number of carboxylic acid groups (broad SMARTS) is 1. The summed E-state index contributed by atoms with van der Waals surface area (Å²) in [7, 11) is 4.04. The highest BCUT2D eigenvalue weighted by atomic mass is 16.3. The van der Waals surface area contributed by atoms with E-state index in [9.17, 15) is 0 Å². The van der Waals surface area contributed by atoms with E-state index in [-0.39, 0.29) is 6.47 Å². The summed E-state index contributed by atoms with van der Waals surface area (Å²) in [6, 6.07) is 4.26. The van der Waals surface area contributed by atoms with Gasteiger partial charge in [0, 0.05) is 51.1 Å². The first-order chi connectivity index (χ1) is 12.6. The van der Waals surface area contributed by atoms with E-state index in [0.29, 0.717) is 5.92 Å². The predicted octanol–water partition coefficient (Wildman–Crippen LogP) is 2.12. The van der Waals surface area contributed by atoms with Crippen LogP contribution in [0.2, 0.25) is 0 Å². The van der Waals surface area contributed by atoms with Crippen LogP contribution in [0.5, 0.6) is 0 Å². The molecule has 1 aliphatic carbocycles. The number of carbonyl (C=O) groups is 1. The largest absolute Gasteiger partial charge is 0.483 e. The van der Waals surface area contributed by atoms with E-state index in [1.54, 1.807) is 0 Å². The third-order valence-corrected chi connectivity index (χ3v) is 4.91. The van der Waals surface area contributed by atoms with E-state index in [1.165, 1.54) is 35.5 Å². The fourth-order valence-corrected chi connectivity index (χ4v) is 3.52. The Hall–Kier alpha value is -2.70. The summed E-state index contributed by atoms with van der Waals surface area (Å²) < 4.78 is 0. The maximum absolute atomic E-state index is 8.36. The number of aromatic nitrogens is 3. The summed E-state index contributed by atoms with van der Waals surface area (Å²) in [6.07, 6.45) is 8.48. The van der Waals surface area contributed by atoms with Crippen molar-refractivity contribution >= 4 is 18.2 Å². The van der Waals surface area contributed by atoms with Crippen LogP contribution in [0.25, 0.3) is 0 Å². The number of hydrogen-bond acceptors (Lipinski definition) is 6. The van der Waals surface area contributed by atoms with Crippen LogP contribution in [0.3, 0.4) is 0 Å². The molecule has 0 atom stereocenters. The summed E-state index contributed by atoms with van der Waals surface area (Å²) in [6.45, 7) is 1.83. The number of pyridine rings is 1. The molecule has 7 nitrogen and oxygen atoms in total. The van der Waals surface area contributed by atoms with Crippen LogP contribution >= 0.6 is 0 Å². The number of nitrogens with zero attached hydrogens (tertiary/aromatic N) is 5. The molecule has 2 aromatic heterocycles. The Labute approximate surface area is 153 Å². The standard InChI is InChI=1S/C18H23N5.CH2O2/c1-22(2)18-20-16-6-4-3-5-15(16)17(21-18)23-11-14(12-23)13-7-9-19-10-8-13;2-1-3/h7-10,14H,3-6,11-12H2,1-2H3;1H,(H,2,3). The van der Waals surface area contributed by atoms with Crippen LogP contribution in [0.4, 0.5) is 11.8 Å². The predicted molar refractivity (Wildman–Crippen MR) is 101 cm³/mol. The lowest BCUT2D eigenvalue weighted by molar-refractivity contribution is -0.122. The molecule has 0 saturated carbocycles. The first kappa shape index (κ1) is 18.1. The molecule has 0 radical (unpaired) electrons. The quantitative estimate of drug-likeness (QED) is 0.845. The van der Waals surface area contributed by atoms with Gasteiger partial charge in [-0.1, -0.05) is 0 Å². The van der Waals surface area contributed by atoms with Gasteiger partial charge in [0.15, 0.2) is 0 Å². The lowest BCUT2D eigenvalue weighted by atomic mass is 9.90. The summed E-state index contributed by atoms with van der Waals surface area (Å²) >= 11 is 0. The molecule has 7 heteroatoms. The molecule has 0 unspecified atom stereocenters. The second-order valence-electron chi connectivity index (χ2n) is 6.86. The van der Waals surface area contributed by atoms with Gasteiger partial charge >= 0.3 is 0 Å². The van der Waals surface area contributed by atoms with Crippen molar-refractivity contribution in [3.8, 4) is 0 Å².